The summed E-state index contributed by atoms with van der Waals surface area (Å²) in [6.45, 7) is 15.2. The standard InChI is InChI=1S/C25H32BNO5/c1-16-9-11-17(12-10-16)21(28)19-14-13-18(27-22(29)30-23(2,3)4)15-20(19)26-31-24(5,6)25(7,8)32-26/h9-15H,1-8H3,(H,27,29). The van der Waals surface area contributed by atoms with Crippen molar-refractivity contribution in [1.29, 1.82) is 0 Å². The third-order valence-electron chi connectivity index (χ3n) is 5.76. The van der Waals surface area contributed by atoms with Crippen molar-refractivity contribution in [3.63, 3.8) is 0 Å². The summed E-state index contributed by atoms with van der Waals surface area (Å²) >= 11 is 0. The Morgan fingerprint density at radius 3 is 2.03 bits per heavy atom. The highest BCUT2D eigenvalue weighted by atomic mass is 16.7. The number of carbonyl (C=O) groups is 2. The highest BCUT2D eigenvalue weighted by Gasteiger charge is 2.52. The lowest BCUT2D eigenvalue weighted by atomic mass is 9.74. The Bertz CT molecular complexity index is 1010. The maximum Gasteiger partial charge on any atom is 0.495 e. The van der Waals surface area contributed by atoms with Crippen LogP contribution in [0.1, 0.15) is 70.0 Å². The van der Waals surface area contributed by atoms with Crippen molar-refractivity contribution >= 4 is 30.1 Å². The van der Waals surface area contributed by atoms with E-state index >= 15 is 0 Å². The second-order valence-electron chi connectivity index (χ2n) is 10.2. The number of amides is 1. The van der Waals surface area contributed by atoms with Crippen molar-refractivity contribution in [2.75, 3.05) is 5.32 Å². The van der Waals surface area contributed by atoms with Gasteiger partial charge in [0.05, 0.1) is 11.2 Å². The molecule has 1 aliphatic rings. The van der Waals surface area contributed by atoms with Crippen LogP contribution in [0.4, 0.5) is 10.5 Å². The average molecular weight is 437 g/mol. The predicted octanol–water partition coefficient (Wildman–Crippen LogP) is 4.87. The maximum atomic E-state index is 13.4. The van der Waals surface area contributed by atoms with Crippen LogP contribution in [0.15, 0.2) is 42.5 Å². The molecule has 0 bridgehead atoms. The molecule has 0 aromatic heterocycles. The van der Waals surface area contributed by atoms with Crippen LogP contribution < -0.4 is 10.8 Å². The zero-order valence-electron chi connectivity index (χ0n) is 20.2. The molecule has 7 heteroatoms. The summed E-state index contributed by atoms with van der Waals surface area (Å²) in [4.78, 5) is 25.6. The summed E-state index contributed by atoms with van der Waals surface area (Å²) in [5, 5.41) is 2.73. The first-order valence-corrected chi connectivity index (χ1v) is 10.8. The number of nitrogens with one attached hydrogen (secondary N) is 1. The van der Waals surface area contributed by atoms with Crippen molar-refractivity contribution in [3.05, 3.63) is 59.2 Å². The molecule has 0 atom stereocenters. The van der Waals surface area contributed by atoms with E-state index in [-0.39, 0.29) is 5.78 Å². The lowest BCUT2D eigenvalue weighted by molar-refractivity contribution is 0.00578. The Balaban J connectivity index is 2.00. The van der Waals surface area contributed by atoms with Crippen molar-refractivity contribution in [2.45, 2.75) is 72.2 Å². The first kappa shape index (κ1) is 24.0. The largest absolute Gasteiger partial charge is 0.495 e. The Kier molecular flexibility index (Phi) is 6.28. The molecule has 0 aliphatic carbocycles. The smallest absolute Gasteiger partial charge is 0.444 e. The molecule has 1 fully saturated rings. The van der Waals surface area contributed by atoms with E-state index in [0.29, 0.717) is 22.3 Å². The number of ether oxygens (including phenoxy) is 1. The van der Waals surface area contributed by atoms with E-state index in [0.717, 1.165) is 5.56 Å². The van der Waals surface area contributed by atoms with Crippen LogP contribution in [-0.2, 0) is 14.0 Å². The predicted molar refractivity (Wildman–Crippen MR) is 127 cm³/mol. The zero-order valence-corrected chi connectivity index (χ0v) is 20.2. The van der Waals surface area contributed by atoms with Gasteiger partial charge in [0.15, 0.2) is 5.78 Å². The highest BCUT2D eigenvalue weighted by Crippen LogP contribution is 2.37. The van der Waals surface area contributed by atoms with Gasteiger partial charge in [0, 0.05) is 16.8 Å². The van der Waals surface area contributed by atoms with Gasteiger partial charge in [0.25, 0.3) is 0 Å². The van der Waals surface area contributed by atoms with Crippen molar-refractivity contribution in [3.8, 4) is 0 Å². The first-order valence-electron chi connectivity index (χ1n) is 10.8. The fraction of sp³-hybridized carbons (Fsp3) is 0.440. The van der Waals surface area contributed by atoms with Gasteiger partial charge in [0.2, 0.25) is 0 Å². The van der Waals surface area contributed by atoms with Crippen LogP contribution in [0.3, 0.4) is 0 Å². The summed E-state index contributed by atoms with van der Waals surface area (Å²) in [5.74, 6) is -0.140. The molecule has 0 radical (unpaired) electrons. The molecule has 2 aromatic rings. The molecule has 1 amide bonds. The SMILES string of the molecule is Cc1ccc(C(=O)c2ccc(NC(=O)OC(C)(C)C)cc2B2OC(C)(C)C(C)(C)O2)cc1. The lowest BCUT2D eigenvalue weighted by Gasteiger charge is -2.32. The fourth-order valence-electron chi connectivity index (χ4n) is 3.29. The van der Waals surface area contributed by atoms with Crippen LogP contribution in [0.25, 0.3) is 0 Å². The number of carbonyl (C=O) groups excluding carboxylic acids is 2. The third-order valence-corrected chi connectivity index (χ3v) is 5.76. The number of anilines is 1. The average Bonchev–Trinajstić information content (AvgIpc) is 2.87. The highest BCUT2D eigenvalue weighted by molar-refractivity contribution is 6.64. The summed E-state index contributed by atoms with van der Waals surface area (Å²) in [6, 6.07) is 12.5. The Hall–Kier alpha value is -2.64. The summed E-state index contributed by atoms with van der Waals surface area (Å²) in [5.41, 5.74) is 1.38. The quantitative estimate of drug-likeness (QED) is 0.546. The minimum atomic E-state index is -0.759. The summed E-state index contributed by atoms with van der Waals surface area (Å²) < 4.78 is 17.8. The van der Waals surface area contributed by atoms with E-state index in [1.807, 2.05) is 46.8 Å². The molecular weight excluding hydrogens is 405 g/mol. The fourth-order valence-corrected chi connectivity index (χ4v) is 3.29. The molecule has 0 saturated carbocycles. The Labute approximate surface area is 190 Å². The second kappa shape index (κ2) is 8.37. The topological polar surface area (TPSA) is 73.9 Å². The minimum Gasteiger partial charge on any atom is -0.444 e. The summed E-state index contributed by atoms with van der Waals surface area (Å²) in [6.07, 6.45) is -0.574. The van der Waals surface area contributed by atoms with E-state index in [4.69, 9.17) is 14.0 Å². The van der Waals surface area contributed by atoms with E-state index in [2.05, 4.69) is 5.32 Å². The molecular formula is C25H32BNO5. The van der Waals surface area contributed by atoms with E-state index in [1.165, 1.54) is 0 Å². The van der Waals surface area contributed by atoms with Crippen molar-refractivity contribution in [1.82, 2.24) is 0 Å². The molecule has 0 unspecified atom stereocenters. The number of aryl methyl sites for hydroxylation is 1. The molecule has 0 spiro atoms. The van der Waals surface area contributed by atoms with Gasteiger partial charge in [-0.25, -0.2) is 4.79 Å². The molecule has 3 rings (SSSR count). The van der Waals surface area contributed by atoms with Gasteiger partial charge in [-0.05, 0) is 79.1 Å². The van der Waals surface area contributed by atoms with Crippen LogP contribution in [-0.4, -0.2) is 35.8 Å². The number of hydrogen-bond acceptors (Lipinski definition) is 5. The molecule has 6 nitrogen and oxygen atoms in total. The lowest BCUT2D eigenvalue weighted by Crippen LogP contribution is -2.41. The molecule has 1 N–H and O–H groups in total. The van der Waals surface area contributed by atoms with Crippen LogP contribution >= 0.6 is 0 Å². The van der Waals surface area contributed by atoms with Crippen LogP contribution in [0.2, 0.25) is 0 Å². The zero-order chi connectivity index (χ0) is 23.9. The van der Waals surface area contributed by atoms with Gasteiger partial charge >= 0.3 is 13.2 Å². The second-order valence-corrected chi connectivity index (χ2v) is 10.2. The molecule has 1 saturated heterocycles. The molecule has 1 aliphatic heterocycles. The number of ketones is 1. The normalized spacial score (nSPS) is 17.2. The van der Waals surface area contributed by atoms with Crippen molar-refractivity contribution in [2.24, 2.45) is 0 Å². The number of hydrogen-bond donors (Lipinski definition) is 1. The van der Waals surface area contributed by atoms with Gasteiger partial charge in [0.1, 0.15) is 5.60 Å². The van der Waals surface area contributed by atoms with Gasteiger partial charge < -0.3 is 14.0 Å². The molecule has 1 heterocycles. The molecule has 2 aromatic carbocycles. The number of rotatable bonds is 4. The van der Waals surface area contributed by atoms with E-state index in [9.17, 15) is 9.59 Å². The van der Waals surface area contributed by atoms with Crippen LogP contribution in [0.5, 0.6) is 0 Å². The van der Waals surface area contributed by atoms with Gasteiger partial charge in [-0.1, -0.05) is 29.8 Å². The van der Waals surface area contributed by atoms with Gasteiger partial charge in [-0.3, -0.25) is 10.1 Å². The summed E-state index contributed by atoms with van der Waals surface area (Å²) in [7, 11) is -0.759. The minimum absolute atomic E-state index is 0.140. The Morgan fingerprint density at radius 1 is 0.938 bits per heavy atom. The van der Waals surface area contributed by atoms with Gasteiger partial charge in [-0.15, -0.1) is 0 Å². The van der Waals surface area contributed by atoms with Crippen molar-refractivity contribution < 1.29 is 23.6 Å². The maximum absolute atomic E-state index is 13.4. The Morgan fingerprint density at radius 2 is 1.50 bits per heavy atom. The van der Waals surface area contributed by atoms with E-state index in [1.54, 1.807) is 51.1 Å². The molecule has 170 valence electrons. The molecule has 32 heavy (non-hydrogen) atoms. The van der Waals surface area contributed by atoms with Gasteiger partial charge in [-0.2, -0.15) is 0 Å². The number of benzene rings is 2. The third kappa shape index (κ3) is 5.22. The monoisotopic (exact) mass is 437 g/mol. The van der Waals surface area contributed by atoms with Crippen LogP contribution in [0, 0.1) is 6.92 Å². The van der Waals surface area contributed by atoms with E-state index < -0.39 is 30.0 Å². The first-order chi connectivity index (χ1) is 14.7.